The third kappa shape index (κ3) is 3.99. The lowest BCUT2D eigenvalue weighted by molar-refractivity contribution is 0.594. The molecule has 1 heterocycles. The summed E-state index contributed by atoms with van der Waals surface area (Å²) in [6.45, 7) is 4.91. The Kier molecular flexibility index (Phi) is 4.87. The predicted molar refractivity (Wildman–Crippen MR) is 81.4 cm³/mol. The first-order valence-electron chi connectivity index (χ1n) is 6.66. The normalized spacial score (nSPS) is 12.9. The molecule has 0 saturated heterocycles. The molecule has 21 heavy (non-hydrogen) atoms. The summed E-state index contributed by atoms with van der Waals surface area (Å²) in [5.74, 6) is 0.0580. The minimum absolute atomic E-state index is 0.0580. The van der Waals surface area contributed by atoms with Gasteiger partial charge in [0.1, 0.15) is 0 Å². The summed E-state index contributed by atoms with van der Waals surface area (Å²) < 4.78 is 26.7. The molecule has 0 aliphatic carbocycles. The van der Waals surface area contributed by atoms with E-state index in [0.29, 0.717) is 0 Å². The summed E-state index contributed by atoms with van der Waals surface area (Å²) in [6.07, 6.45) is 2.96. The van der Waals surface area contributed by atoms with Crippen molar-refractivity contribution in [2.24, 2.45) is 0 Å². The van der Waals surface area contributed by atoms with Crippen molar-refractivity contribution in [2.45, 2.75) is 24.8 Å². The van der Waals surface area contributed by atoms with Crippen LogP contribution in [-0.2, 0) is 10.0 Å². The molecule has 1 atom stereocenters. The number of aromatic nitrogens is 2. The molecule has 2 N–H and O–H groups in total. The van der Waals surface area contributed by atoms with E-state index in [1.54, 1.807) is 30.3 Å². The Balaban J connectivity index is 2.17. The highest BCUT2D eigenvalue weighted by atomic mass is 32.2. The smallest absolute Gasteiger partial charge is 0.264 e. The van der Waals surface area contributed by atoms with Gasteiger partial charge >= 0.3 is 0 Å². The Bertz CT molecular complexity index is 672. The molecule has 0 fully saturated rings. The molecular formula is C14H18N4O2S. The van der Waals surface area contributed by atoms with Crippen LogP contribution in [0.4, 0.5) is 5.95 Å². The zero-order valence-electron chi connectivity index (χ0n) is 11.9. The third-order valence-electron chi connectivity index (χ3n) is 2.99. The third-order valence-corrected chi connectivity index (χ3v) is 4.34. The van der Waals surface area contributed by atoms with Crippen molar-refractivity contribution in [3.05, 3.63) is 48.3 Å². The van der Waals surface area contributed by atoms with Gasteiger partial charge in [-0.15, -0.1) is 0 Å². The highest BCUT2D eigenvalue weighted by molar-refractivity contribution is 7.92. The Morgan fingerprint density at radius 2 is 1.76 bits per heavy atom. The first-order chi connectivity index (χ1) is 10.0. The van der Waals surface area contributed by atoms with Gasteiger partial charge in [0, 0.05) is 18.4 Å². The van der Waals surface area contributed by atoms with E-state index in [2.05, 4.69) is 20.0 Å². The van der Waals surface area contributed by atoms with Gasteiger partial charge in [0.15, 0.2) is 0 Å². The van der Waals surface area contributed by atoms with E-state index in [9.17, 15) is 8.42 Å². The first-order valence-corrected chi connectivity index (χ1v) is 8.14. The maximum atomic E-state index is 12.2. The van der Waals surface area contributed by atoms with Crippen LogP contribution >= 0.6 is 0 Å². The summed E-state index contributed by atoms with van der Waals surface area (Å²) in [5, 5.41) is 3.27. The van der Waals surface area contributed by atoms with Gasteiger partial charge in [0.2, 0.25) is 5.95 Å². The minimum atomic E-state index is -3.66. The van der Waals surface area contributed by atoms with Gasteiger partial charge in [-0.05, 0) is 37.2 Å². The van der Waals surface area contributed by atoms with E-state index in [4.69, 9.17) is 0 Å². The highest BCUT2D eigenvalue weighted by Gasteiger charge is 2.15. The second-order valence-electron chi connectivity index (χ2n) is 4.53. The number of nitrogens with zero attached hydrogens (tertiary/aromatic N) is 2. The molecule has 0 aliphatic rings. The molecule has 1 aromatic carbocycles. The monoisotopic (exact) mass is 306 g/mol. The van der Waals surface area contributed by atoms with Crippen molar-refractivity contribution in [3.8, 4) is 0 Å². The molecule has 0 spiro atoms. The Hall–Kier alpha value is -1.99. The number of benzene rings is 1. The largest absolute Gasteiger partial charge is 0.310 e. The predicted octanol–water partition coefficient (Wildman–Crippen LogP) is 1.95. The number of hydrogen-bond donors (Lipinski definition) is 2. The van der Waals surface area contributed by atoms with E-state index in [-0.39, 0.29) is 16.9 Å². The second kappa shape index (κ2) is 6.64. The van der Waals surface area contributed by atoms with Crippen LogP contribution in [0.5, 0.6) is 0 Å². The topological polar surface area (TPSA) is 84.0 Å². The van der Waals surface area contributed by atoms with Crippen LogP contribution in [0.2, 0.25) is 0 Å². The maximum absolute atomic E-state index is 12.2. The van der Waals surface area contributed by atoms with Gasteiger partial charge in [0.25, 0.3) is 10.0 Å². The average molecular weight is 306 g/mol. The zero-order valence-corrected chi connectivity index (χ0v) is 12.8. The molecule has 1 unspecified atom stereocenters. The molecule has 0 amide bonds. The van der Waals surface area contributed by atoms with Crippen molar-refractivity contribution in [1.29, 1.82) is 0 Å². The fourth-order valence-electron chi connectivity index (χ4n) is 1.89. The Morgan fingerprint density at radius 3 is 2.33 bits per heavy atom. The second-order valence-corrected chi connectivity index (χ2v) is 6.21. The van der Waals surface area contributed by atoms with Crippen LogP contribution in [0.3, 0.4) is 0 Å². The minimum Gasteiger partial charge on any atom is -0.310 e. The van der Waals surface area contributed by atoms with E-state index < -0.39 is 10.0 Å². The molecular weight excluding hydrogens is 288 g/mol. The fourth-order valence-corrected chi connectivity index (χ4v) is 2.85. The Morgan fingerprint density at radius 1 is 1.14 bits per heavy atom. The summed E-state index contributed by atoms with van der Waals surface area (Å²) in [6, 6.07) is 8.55. The summed E-state index contributed by atoms with van der Waals surface area (Å²) in [4.78, 5) is 7.88. The number of anilines is 1. The van der Waals surface area contributed by atoms with Crippen molar-refractivity contribution in [2.75, 3.05) is 11.3 Å². The van der Waals surface area contributed by atoms with Gasteiger partial charge in [-0.3, -0.25) is 0 Å². The summed E-state index contributed by atoms with van der Waals surface area (Å²) in [5.41, 5.74) is 1.03. The SMILES string of the molecule is CCNC(C)c1ccc(S(=O)(=O)Nc2ncccn2)cc1. The fraction of sp³-hybridized carbons (Fsp3) is 0.286. The lowest BCUT2D eigenvalue weighted by Gasteiger charge is -2.13. The van der Waals surface area contributed by atoms with Crippen LogP contribution in [-0.4, -0.2) is 24.9 Å². The van der Waals surface area contributed by atoms with Crippen LogP contribution in [0.15, 0.2) is 47.6 Å². The van der Waals surface area contributed by atoms with E-state index in [1.807, 2.05) is 13.8 Å². The lowest BCUT2D eigenvalue weighted by atomic mass is 10.1. The van der Waals surface area contributed by atoms with Crippen molar-refractivity contribution in [3.63, 3.8) is 0 Å². The molecule has 0 saturated carbocycles. The maximum Gasteiger partial charge on any atom is 0.264 e. The van der Waals surface area contributed by atoms with E-state index >= 15 is 0 Å². The van der Waals surface area contributed by atoms with Crippen molar-refractivity contribution in [1.82, 2.24) is 15.3 Å². The molecule has 0 aliphatic heterocycles. The van der Waals surface area contributed by atoms with Gasteiger partial charge in [0.05, 0.1) is 4.90 Å². The van der Waals surface area contributed by atoms with Crippen LogP contribution in [0, 0.1) is 0 Å². The number of nitrogens with one attached hydrogen (secondary N) is 2. The molecule has 2 aromatic rings. The molecule has 0 radical (unpaired) electrons. The Labute approximate surface area is 124 Å². The molecule has 2 rings (SSSR count). The van der Waals surface area contributed by atoms with Gasteiger partial charge < -0.3 is 5.32 Å². The molecule has 1 aromatic heterocycles. The average Bonchev–Trinajstić information content (AvgIpc) is 2.48. The van der Waals surface area contributed by atoms with Crippen LogP contribution in [0.1, 0.15) is 25.5 Å². The highest BCUT2D eigenvalue weighted by Crippen LogP contribution is 2.17. The summed E-state index contributed by atoms with van der Waals surface area (Å²) >= 11 is 0. The van der Waals surface area contributed by atoms with Gasteiger partial charge in [-0.25, -0.2) is 23.1 Å². The van der Waals surface area contributed by atoms with Crippen molar-refractivity contribution >= 4 is 16.0 Å². The van der Waals surface area contributed by atoms with Gasteiger partial charge in [-0.1, -0.05) is 19.1 Å². The van der Waals surface area contributed by atoms with E-state index in [0.717, 1.165) is 12.1 Å². The quantitative estimate of drug-likeness (QED) is 0.852. The number of sulfonamides is 1. The number of hydrogen-bond acceptors (Lipinski definition) is 5. The zero-order chi connectivity index (χ0) is 15.3. The van der Waals surface area contributed by atoms with Crippen LogP contribution in [0.25, 0.3) is 0 Å². The first kappa shape index (κ1) is 15.4. The van der Waals surface area contributed by atoms with E-state index in [1.165, 1.54) is 12.4 Å². The molecule has 112 valence electrons. The lowest BCUT2D eigenvalue weighted by Crippen LogP contribution is -2.18. The van der Waals surface area contributed by atoms with Crippen LogP contribution < -0.4 is 10.0 Å². The summed E-state index contributed by atoms with van der Waals surface area (Å²) in [7, 11) is -3.66. The van der Waals surface area contributed by atoms with Gasteiger partial charge in [-0.2, -0.15) is 0 Å². The molecule has 7 heteroatoms. The number of rotatable bonds is 6. The molecule has 6 nitrogen and oxygen atoms in total. The standard InChI is InChI=1S/C14H18N4O2S/c1-3-15-11(2)12-5-7-13(8-6-12)21(19,20)18-14-16-9-4-10-17-14/h4-11,15H,3H2,1-2H3,(H,16,17,18). The molecule has 0 bridgehead atoms. The van der Waals surface area contributed by atoms with Crippen molar-refractivity contribution < 1.29 is 8.42 Å².